The second kappa shape index (κ2) is 11.5. The summed E-state index contributed by atoms with van der Waals surface area (Å²) in [7, 11) is 0. The molecule has 2 N–H and O–H groups in total. The molecule has 158 valence electrons. The molecule has 0 unspecified atom stereocenters. The second-order valence-electron chi connectivity index (χ2n) is 6.06. The normalized spacial score (nSPS) is 11.5. The van der Waals surface area contributed by atoms with Gasteiger partial charge in [-0.15, -0.1) is 0 Å². The maximum atomic E-state index is 13.0. The van der Waals surface area contributed by atoms with Gasteiger partial charge in [0.15, 0.2) is 11.0 Å². The van der Waals surface area contributed by atoms with Gasteiger partial charge >= 0.3 is 0 Å². The van der Waals surface area contributed by atoms with E-state index in [1.807, 2.05) is 6.07 Å². The molecule has 0 spiro atoms. The number of H-pyrrole nitrogens is 1. The Labute approximate surface area is 183 Å². The zero-order chi connectivity index (χ0) is 21.9. The summed E-state index contributed by atoms with van der Waals surface area (Å²) in [6.45, 7) is 3.96. The molecule has 0 bridgehead atoms. The minimum Gasteiger partial charge on any atom is -0.457 e. The van der Waals surface area contributed by atoms with E-state index >= 15 is 0 Å². The molecule has 2 heterocycles. The number of nitrogens with one attached hydrogen (secondary N) is 2. The number of pyridine rings is 1. The number of aromatic nitrogens is 4. The number of carbonyl (C=O) groups excluding carboxylic acids is 1. The molecule has 2 aromatic heterocycles. The molecule has 9 heteroatoms. The van der Waals surface area contributed by atoms with Gasteiger partial charge in [-0.1, -0.05) is 30.5 Å². The highest BCUT2D eigenvalue weighted by Gasteiger charge is 2.08. The van der Waals surface area contributed by atoms with Crippen molar-refractivity contribution in [3.63, 3.8) is 0 Å². The number of halogens is 1. The van der Waals surface area contributed by atoms with Gasteiger partial charge in [0, 0.05) is 24.5 Å². The summed E-state index contributed by atoms with van der Waals surface area (Å²) in [5.74, 6) is 1.24. The topological polar surface area (TPSA) is 92.8 Å². The van der Waals surface area contributed by atoms with Crippen LogP contribution in [0.15, 0.2) is 90.6 Å². The number of amides is 1. The molecule has 31 heavy (non-hydrogen) atoms. The molecule has 0 aliphatic rings. The van der Waals surface area contributed by atoms with Crippen LogP contribution < -0.4 is 10.1 Å². The lowest BCUT2D eigenvalue weighted by Gasteiger charge is -2.06. The standard InChI is InChI=1S/C22H20FN5O2S/c1-2-5-18(30-19-10-8-17(23)9-11-19)7-4-13-25-20(29)15-31-22-26-21(27-28-22)16-6-3-12-24-14-16/h2-12,14H,1,13,15H2,(H,25,29)(H,26,27,28)/b7-4-,18-5+. The molecule has 0 radical (unpaired) electrons. The van der Waals surface area contributed by atoms with Crippen molar-refractivity contribution in [3.05, 3.63) is 91.3 Å². The van der Waals surface area contributed by atoms with E-state index < -0.39 is 0 Å². The number of hydrogen-bond acceptors (Lipinski definition) is 6. The number of allylic oxidation sites excluding steroid dienone is 3. The van der Waals surface area contributed by atoms with Gasteiger partial charge < -0.3 is 10.1 Å². The van der Waals surface area contributed by atoms with Crippen molar-refractivity contribution >= 4 is 17.7 Å². The first-order valence-electron chi connectivity index (χ1n) is 9.29. The quantitative estimate of drug-likeness (QED) is 0.284. The highest BCUT2D eigenvalue weighted by Crippen LogP contribution is 2.18. The van der Waals surface area contributed by atoms with Gasteiger partial charge in [0.25, 0.3) is 0 Å². The number of benzene rings is 1. The molecule has 0 saturated heterocycles. The van der Waals surface area contributed by atoms with Crippen molar-refractivity contribution in [2.75, 3.05) is 12.3 Å². The number of carbonyl (C=O) groups is 1. The Balaban J connectivity index is 1.43. The highest BCUT2D eigenvalue weighted by atomic mass is 32.2. The molecular weight excluding hydrogens is 417 g/mol. The minimum atomic E-state index is -0.337. The summed E-state index contributed by atoms with van der Waals surface area (Å²) in [5, 5.41) is 10.3. The van der Waals surface area contributed by atoms with Gasteiger partial charge in [0.2, 0.25) is 5.91 Å². The van der Waals surface area contributed by atoms with Crippen molar-refractivity contribution in [2.24, 2.45) is 0 Å². The largest absolute Gasteiger partial charge is 0.457 e. The summed E-state index contributed by atoms with van der Waals surface area (Å²) >= 11 is 1.25. The summed E-state index contributed by atoms with van der Waals surface area (Å²) in [6.07, 6.45) is 10.0. The predicted molar refractivity (Wildman–Crippen MR) is 118 cm³/mol. The van der Waals surface area contributed by atoms with Crippen molar-refractivity contribution in [1.82, 2.24) is 25.5 Å². The van der Waals surface area contributed by atoms with Crippen LogP contribution in [0.2, 0.25) is 0 Å². The van der Waals surface area contributed by atoms with Crippen LogP contribution in [0.1, 0.15) is 0 Å². The number of ether oxygens (including phenoxy) is 1. The fourth-order valence-corrected chi connectivity index (χ4v) is 2.98. The van der Waals surface area contributed by atoms with Crippen LogP contribution in [0, 0.1) is 5.82 Å². The highest BCUT2D eigenvalue weighted by molar-refractivity contribution is 7.99. The number of thioether (sulfide) groups is 1. The average molecular weight is 438 g/mol. The molecule has 0 saturated carbocycles. The first-order chi connectivity index (χ1) is 15.1. The molecule has 1 aromatic carbocycles. The van der Waals surface area contributed by atoms with E-state index in [1.165, 1.54) is 36.0 Å². The molecule has 1 amide bonds. The Bertz CT molecular complexity index is 1070. The predicted octanol–water partition coefficient (Wildman–Crippen LogP) is 3.92. The van der Waals surface area contributed by atoms with E-state index in [-0.39, 0.29) is 17.5 Å². The van der Waals surface area contributed by atoms with E-state index in [0.29, 0.717) is 29.0 Å². The SMILES string of the molecule is C=C/C=C(\C=C/CNC(=O)CSc1nc(-c2cccnc2)n[nH]1)Oc1ccc(F)cc1. The fourth-order valence-electron chi connectivity index (χ4n) is 2.35. The maximum absolute atomic E-state index is 13.0. The number of hydrogen-bond donors (Lipinski definition) is 2. The van der Waals surface area contributed by atoms with Crippen LogP contribution in [-0.4, -0.2) is 38.4 Å². The van der Waals surface area contributed by atoms with Gasteiger partial charge in [-0.25, -0.2) is 9.37 Å². The molecule has 0 aliphatic heterocycles. The summed E-state index contributed by atoms with van der Waals surface area (Å²) in [6, 6.07) is 9.36. The van der Waals surface area contributed by atoms with E-state index in [0.717, 1.165) is 5.56 Å². The monoisotopic (exact) mass is 437 g/mol. The van der Waals surface area contributed by atoms with Crippen molar-refractivity contribution in [3.8, 4) is 17.1 Å². The molecule has 0 aliphatic carbocycles. The minimum absolute atomic E-state index is 0.150. The first-order valence-corrected chi connectivity index (χ1v) is 10.3. The third-order valence-corrected chi connectivity index (χ3v) is 4.62. The Morgan fingerprint density at radius 2 is 2.13 bits per heavy atom. The molecule has 3 rings (SSSR count). The zero-order valence-electron chi connectivity index (χ0n) is 16.5. The average Bonchev–Trinajstić information content (AvgIpc) is 3.27. The smallest absolute Gasteiger partial charge is 0.230 e. The van der Waals surface area contributed by atoms with Crippen LogP contribution in [0.5, 0.6) is 5.75 Å². The Kier molecular flexibility index (Phi) is 8.13. The van der Waals surface area contributed by atoms with E-state index in [1.54, 1.807) is 42.8 Å². The Hall–Kier alpha value is -3.72. The van der Waals surface area contributed by atoms with Crippen molar-refractivity contribution in [1.29, 1.82) is 0 Å². The molecule has 3 aromatic rings. The lowest BCUT2D eigenvalue weighted by Crippen LogP contribution is -2.25. The van der Waals surface area contributed by atoms with Gasteiger partial charge in [-0.3, -0.25) is 14.9 Å². The third kappa shape index (κ3) is 7.23. The van der Waals surface area contributed by atoms with E-state index in [2.05, 4.69) is 32.1 Å². The van der Waals surface area contributed by atoms with Crippen LogP contribution >= 0.6 is 11.8 Å². The zero-order valence-corrected chi connectivity index (χ0v) is 17.3. The maximum Gasteiger partial charge on any atom is 0.230 e. The second-order valence-corrected chi connectivity index (χ2v) is 7.03. The van der Waals surface area contributed by atoms with Gasteiger partial charge in [-0.05, 0) is 48.6 Å². The van der Waals surface area contributed by atoms with Crippen molar-refractivity contribution in [2.45, 2.75) is 5.16 Å². The first kappa shape index (κ1) is 22.0. The molecule has 7 nitrogen and oxygen atoms in total. The lowest BCUT2D eigenvalue weighted by molar-refractivity contribution is -0.118. The molecule has 0 fully saturated rings. The molecular formula is C22H20FN5O2S. The fraction of sp³-hybridized carbons (Fsp3) is 0.0909. The Morgan fingerprint density at radius 1 is 1.29 bits per heavy atom. The number of rotatable bonds is 10. The number of nitrogens with zero attached hydrogens (tertiary/aromatic N) is 3. The van der Waals surface area contributed by atoms with Crippen LogP contribution in [0.25, 0.3) is 11.4 Å². The van der Waals surface area contributed by atoms with Crippen LogP contribution in [0.4, 0.5) is 4.39 Å². The lowest BCUT2D eigenvalue weighted by atomic mass is 10.3. The summed E-state index contributed by atoms with van der Waals surface area (Å²) in [4.78, 5) is 20.4. The van der Waals surface area contributed by atoms with Crippen molar-refractivity contribution < 1.29 is 13.9 Å². The van der Waals surface area contributed by atoms with Crippen LogP contribution in [-0.2, 0) is 4.79 Å². The third-order valence-electron chi connectivity index (χ3n) is 3.76. The Morgan fingerprint density at radius 3 is 2.87 bits per heavy atom. The van der Waals surface area contributed by atoms with E-state index in [4.69, 9.17) is 4.74 Å². The summed E-state index contributed by atoms with van der Waals surface area (Å²) in [5.41, 5.74) is 0.798. The van der Waals surface area contributed by atoms with Gasteiger partial charge in [-0.2, -0.15) is 5.10 Å². The molecule has 0 atom stereocenters. The van der Waals surface area contributed by atoms with Gasteiger partial charge in [0.1, 0.15) is 17.3 Å². The van der Waals surface area contributed by atoms with Gasteiger partial charge in [0.05, 0.1) is 5.75 Å². The summed E-state index contributed by atoms with van der Waals surface area (Å²) < 4.78 is 18.6. The van der Waals surface area contributed by atoms with E-state index in [9.17, 15) is 9.18 Å². The number of aromatic amines is 1. The van der Waals surface area contributed by atoms with Crippen LogP contribution in [0.3, 0.4) is 0 Å².